The zero-order valence-electron chi connectivity index (χ0n) is 10.2. The molecule has 0 spiro atoms. The molecule has 3 nitrogen and oxygen atoms in total. The third-order valence-corrected chi connectivity index (χ3v) is 3.45. The highest BCUT2D eigenvalue weighted by atomic mass is 19.4. The summed E-state index contributed by atoms with van der Waals surface area (Å²) in [5, 5.41) is 11.9. The van der Waals surface area contributed by atoms with Gasteiger partial charge in [-0.1, -0.05) is 0 Å². The molecule has 0 radical (unpaired) electrons. The van der Waals surface area contributed by atoms with Crippen molar-refractivity contribution in [2.24, 2.45) is 5.73 Å². The largest absolute Gasteiger partial charge is 0.416 e. The first-order valence-corrected chi connectivity index (χ1v) is 5.98. The van der Waals surface area contributed by atoms with Crippen LogP contribution in [0, 0.1) is 11.3 Å². The van der Waals surface area contributed by atoms with E-state index in [0.717, 1.165) is 31.4 Å². The number of hydrogen-bond acceptors (Lipinski definition) is 3. The van der Waals surface area contributed by atoms with Crippen molar-refractivity contribution in [3.05, 3.63) is 29.3 Å². The lowest BCUT2D eigenvalue weighted by Crippen LogP contribution is -2.52. The molecule has 0 bridgehead atoms. The SMILES string of the molecule is N#Cc1cc(C(F)(F)F)ccc1NCC1(N)CCC1. The average Bonchev–Trinajstić information content (AvgIpc) is 2.32. The first kappa shape index (κ1) is 13.7. The molecule has 2 rings (SSSR count). The zero-order chi connectivity index (χ0) is 14.1. The molecule has 1 aliphatic carbocycles. The maximum atomic E-state index is 12.5. The second kappa shape index (κ2) is 4.74. The van der Waals surface area contributed by atoms with Crippen molar-refractivity contribution in [1.29, 1.82) is 5.26 Å². The minimum atomic E-state index is -4.44. The van der Waals surface area contributed by atoms with Gasteiger partial charge in [-0.15, -0.1) is 0 Å². The Balaban J connectivity index is 2.15. The summed E-state index contributed by atoms with van der Waals surface area (Å²) in [6.45, 7) is 0.465. The van der Waals surface area contributed by atoms with Crippen LogP contribution in [0.4, 0.5) is 18.9 Å². The van der Waals surface area contributed by atoms with E-state index < -0.39 is 11.7 Å². The lowest BCUT2D eigenvalue weighted by Gasteiger charge is -2.38. The maximum absolute atomic E-state index is 12.5. The van der Waals surface area contributed by atoms with Crippen LogP contribution in [0.2, 0.25) is 0 Å². The summed E-state index contributed by atoms with van der Waals surface area (Å²) < 4.78 is 37.6. The van der Waals surface area contributed by atoms with Crippen LogP contribution in [0.3, 0.4) is 0 Å². The predicted molar refractivity (Wildman–Crippen MR) is 65.4 cm³/mol. The summed E-state index contributed by atoms with van der Waals surface area (Å²) >= 11 is 0. The van der Waals surface area contributed by atoms with Crippen molar-refractivity contribution in [2.45, 2.75) is 31.0 Å². The van der Waals surface area contributed by atoms with Gasteiger partial charge in [0.15, 0.2) is 0 Å². The first-order valence-electron chi connectivity index (χ1n) is 5.98. The number of hydrogen-bond donors (Lipinski definition) is 2. The van der Waals surface area contributed by atoms with Gasteiger partial charge >= 0.3 is 6.18 Å². The molecule has 1 saturated carbocycles. The number of anilines is 1. The van der Waals surface area contributed by atoms with Gasteiger partial charge in [-0.2, -0.15) is 18.4 Å². The summed E-state index contributed by atoms with van der Waals surface area (Å²) in [6, 6.07) is 4.88. The zero-order valence-corrected chi connectivity index (χ0v) is 10.2. The van der Waals surface area contributed by atoms with Gasteiger partial charge < -0.3 is 11.1 Å². The Morgan fingerprint density at radius 2 is 2.05 bits per heavy atom. The molecule has 1 aromatic rings. The third-order valence-electron chi connectivity index (χ3n) is 3.45. The van der Waals surface area contributed by atoms with Crippen molar-refractivity contribution in [3.63, 3.8) is 0 Å². The fraction of sp³-hybridized carbons (Fsp3) is 0.462. The van der Waals surface area contributed by atoms with E-state index in [-0.39, 0.29) is 11.1 Å². The monoisotopic (exact) mass is 269 g/mol. The number of alkyl halides is 3. The van der Waals surface area contributed by atoms with Crippen molar-refractivity contribution < 1.29 is 13.2 Å². The van der Waals surface area contributed by atoms with Crippen molar-refractivity contribution in [1.82, 2.24) is 0 Å². The van der Waals surface area contributed by atoms with Crippen LogP contribution < -0.4 is 11.1 Å². The van der Waals surface area contributed by atoms with E-state index in [4.69, 9.17) is 11.0 Å². The van der Waals surface area contributed by atoms with Gasteiger partial charge in [0.25, 0.3) is 0 Å². The Morgan fingerprint density at radius 1 is 1.37 bits per heavy atom. The highest BCUT2D eigenvalue weighted by molar-refractivity contribution is 5.59. The van der Waals surface area contributed by atoms with Crippen LogP contribution in [0.1, 0.15) is 30.4 Å². The fourth-order valence-electron chi connectivity index (χ4n) is 2.05. The van der Waals surface area contributed by atoms with Gasteiger partial charge in [0, 0.05) is 12.1 Å². The molecular formula is C13H14F3N3. The molecule has 0 unspecified atom stereocenters. The molecule has 0 aliphatic heterocycles. The van der Waals surface area contributed by atoms with E-state index >= 15 is 0 Å². The Hall–Kier alpha value is -1.74. The molecule has 3 N–H and O–H groups in total. The molecule has 19 heavy (non-hydrogen) atoms. The molecule has 102 valence electrons. The smallest absolute Gasteiger partial charge is 0.382 e. The van der Waals surface area contributed by atoms with Gasteiger partial charge in [0.2, 0.25) is 0 Å². The molecule has 0 heterocycles. The average molecular weight is 269 g/mol. The molecule has 1 aromatic carbocycles. The predicted octanol–water partition coefficient (Wildman–Crippen LogP) is 2.87. The Labute approximate surface area is 109 Å². The normalized spacial score (nSPS) is 17.4. The third kappa shape index (κ3) is 2.99. The van der Waals surface area contributed by atoms with Gasteiger partial charge in [-0.05, 0) is 37.5 Å². The van der Waals surface area contributed by atoms with E-state index in [1.807, 2.05) is 0 Å². The van der Waals surface area contributed by atoms with Crippen LogP contribution in [0.15, 0.2) is 18.2 Å². The van der Waals surface area contributed by atoms with E-state index in [1.165, 1.54) is 6.07 Å². The number of halogens is 3. The van der Waals surface area contributed by atoms with Crippen LogP contribution in [-0.2, 0) is 6.18 Å². The number of nitrogens with zero attached hydrogens (tertiary/aromatic N) is 1. The standard InChI is InChI=1S/C13H14F3N3/c14-13(15,16)10-2-3-11(9(6-10)7-17)19-8-12(18)4-1-5-12/h2-3,6,19H,1,4-5,8,18H2. The number of nitriles is 1. The van der Waals surface area contributed by atoms with E-state index in [0.29, 0.717) is 12.2 Å². The molecule has 1 fully saturated rings. The summed E-state index contributed by atoms with van der Waals surface area (Å²) in [7, 11) is 0. The van der Waals surface area contributed by atoms with Crippen molar-refractivity contribution in [3.8, 4) is 6.07 Å². The maximum Gasteiger partial charge on any atom is 0.416 e. The fourth-order valence-corrected chi connectivity index (χ4v) is 2.05. The van der Waals surface area contributed by atoms with E-state index in [1.54, 1.807) is 6.07 Å². The van der Waals surface area contributed by atoms with Crippen LogP contribution in [0.5, 0.6) is 0 Å². The summed E-state index contributed by atoms with van der Waals surface area (Å²) in [5.41, 5.74) is 5.28. The molecule has 0 atom stereocenters. The van der Waals surface area contributed by atoms with E-state index in [9.17, 15) is 13.2 Å². The molecule has 1 aliphatic rings. The number of rotatable bonds is 3. The van der Waals surface area contributed by atoms with E-state index in [2.05, 4.69) is 5.32 Å². The minimum Gasteiger partial charge on any atom is -0.382 e. The number of nitrogens with one attached hydrogen (secondary N) is 1. The second-order valence-electron chi connectivity index (χ2n) is 4.94. The lowest BCUT2D eigenvalue weighted by molar-refractivity contribution is -0.137. The first-order chi connectivity index (χ1) is 8.84. The van der Waals surface area contributed by atoms with Crippen molar-refractivity contribution in [2.75, 3.05) is 11.9 Å². The molecule has 6 heteroatoms. The summed E-state index contributed by atoms with van der Waals surface area (Å²) in [4.78, 5) is 0. The topological polar surface area (TPSA) is 61.8 Å². The van der Waals surface area contributed by atoms with Gasteiger partial charge in [0.05, 0.1) is 16.8 Å². The highest BCUT2D eigenvalue weighted by Gasteiger charge is 2.33. The second-order valence-corrected chi connectivity index (χ2v) is 4.94. The van der Waals surface area contributed by atoms with Crippen molar-refractivity contribution >= 4 is 5.69 Å². The Kier molecular flexibility index (Phi) is 3.42. The summed E-state index contributed by atoms with van der Waals surface area (Å²) in [6.07, 6.45) is -1.59. The van der Waals surface area contributed by atoms with Gasteiger partial charge in [-0.25, -0.2) is 0 Å². The highest BCUT2D eigenvalue weighted by Crippen LogP contribution is 2.33. The molecular weight excluding hydrogens is 255 g/mol. The molecule has 0 aromatic heterocycles. The van der Waals surface area contributed by atoms with Crippen LogP contribution in [0.25, 0.3) is 0 Å². The summed E-state index contributed by atoms with van der Waals surface area (Å²) in [5.74, 6) is 0. The Morgan fingerprint density at radius 3 is 2.53 bits per heavy atom. The quantitative estimate of drug-likeness (QED) is 0.887. The van der Waals surface area contributed by atoms with Crippen LogP contribution in [-0.4, -0.2) is 12.1 Å². The number of benzene rings is 1. The van der Waals surface area contributed by atoms with Gasteiger partial charge in [0.1, 0.15) is 6.07 Å². The van der Waals surface area contributed by atoms with Crippen LogP contribution >= 0.6 is 0 Å². The van der Waals surface area contributed by atoms with Gasteiger partial charge in [-0.3, -0.25) is 0 Å². The minimum absolute atomic E-state index is 0.0160. The number of nitrogens with two attached hydrogens (primary N) is 1. The molecule has 0 saturated heterocycles. The lowest BCUT2D eigenvalue weighted by atomic mass is 9.78. The Bertz CT molecular complexity index is 513. The molecule has 0 amide bonds.